The van der Waals surface area contributed by atoms with Crippen molar-refractivity contribution in [3.63, 3.8) is 0 Å². The minimum atomic E-state index is 0. The maximum atomic E-state index is 4.58. The minimum Gasteiger partial charge on any atom is -0.473 e. The lowest BCUT2D eigenvalue weighted by atomic mass is 10.3. The highest BCUT2D eigenvalue weighted by Gasteiger charge is 1.93. The number of nitrogens with one attached hydrogen (secondary N) is 6. The molecule has 22 aromatic heterocycles. The monoisotopic (exact) mass is 1910 g/mol. The molecule has 692 valence electrons. The van der Waals surface area contributed by atoms with Crippen LogP contribution in [0, 0.1) is 0 Å². The highest BCUT2D eigenvalue weighted by molar-refractivity contribution is 7.25. The van der Waals surface area contributed by atoms with Crippen LogP contribution >= 0.6 is 68.2 Å². The van der Waals surface area contributed by atoms with Crippen LogP contribution in [0.3, 0.4) is 0 Å². The molecule has 0 fully saturated rings. The van der Waals surface area contributed by atoms with E-state index >= 15 is 0 Å². The number of aromatic nitrogens is 28. The highest BCUT2D eigenvalue weighted by Crippen LogP contribution is 2.25. The molecule has 6 N–H and O–H groups in total. The fourth-order valence-corrected chi connectivity index (χ4v) is 11.8. The maximum absolute atomic E-state index is 4.58. The van der Waals surface area contributed by atoms with Crippen molar-refractivity contribution in [2.24, 2.45) is 0 Å². The van der Waals surface area contributed by atoms with Crippen LogP contribution in [-0.4, -0.2) is 140 Å². The SMILES string of the molecule is C.C.C.C.c1c[nH]cn1.c1cc2sccc2s1.c1cc[nH]c1.c1ccc2[nH]ccc2c1.c1ccc2[nH]cnc2c1.c1ccc2nccnc2c1.c1ccc2sccc2c1.c1ccncc1.c1ccnnc1.c1ccoc1.c1ccsc1.c1cn[nH]c1.c1cn[nH]n1.c1cnccn1.c1cnccn1.c1cncnc1.c1cncnc1.c1cnoc1.c1cnsc1.c1cocn1.c1cscn1. The number of para-hydroxylation sites is 5. The third kappa shape index (κ3) is 65.2. The molecule has 0 saturated carbocycles. The summed E-state index contributed by atoms with van der Waals surface area (Å²) in [6.07, 6.45) is 66.5. The Bertz CT molecular complexity index is 4960. The minimum absolute atomic E-state index is 0. The Morgan fingerprint density at radius 3 is 1.16 bits per heavy atom. The van der Waals surface area contributed by atoms with E-state index in [1.165, 1.54) is 73.5 Å². The molecular weight excluding hydrogens is 1810 g/mol. The summed E-state index contributed by atoms with van der Waals surface area (Å²) in [5, 5.41) is 42.9. The second-order valence-corrected chi connectivity index (χ2v) is 27.6. The number of benzene rings is 4. The molecule has 26 aromatic rings. The number of furan rings is 1. The van der Waals surface area contributed by atoms with E-state index < -0.39 is 0 Å². The van der Waals surface area contributed by atoms with Gasteiger partial charge in [0.25, 0.3) is 0 Å². The van der Waals surface area contributed by atoms with Gasteiger partial charge in [0.2, 0.25) is 0 Å². The van der Waals surface area contributed by atoms with Gasteiger partial charge >= 0.3 is 0 Å². The molecule has 37 heteroatoms. The van der Waals surface area contributed by atoms with Crippen LogP contribution in [0.25, 0.3) is 52.5 Å². The van der Waals surface area contributed by atoms with Crippen LogP contribution in [0.2, 0.25) is 0 Å². The summed E-state index contributed by atoms with van der Waals surface area (Å²) in [6.45, 7) is 0. The van der Waals surface area contributed by atoms with Crippen LogP contribution in [0.1, 0.15) is 29.7 Å². The number of nitrogens with zero attached hydrogens (tertiary/aromatic N) is 22. The van der Waals surface area contributed by atoms with Gasteiger partial charge in [-0.1, -0.05) is 114 Å². The maximum Gasteiger partial charge on any atom is 0.180 e. The van der Waals surface area contributed by atoms with Crippen molar-refractivity contribution in [2.45, 2.75) is 29.7 Å². The first-order chi connectivity index (χ1) is 65.3. The summed E-state index contributed by atoms with van der Waals surface area (Å²) in [7, 11) is 0. The molecule has 4 aromatic carbocycles. The first kappa shape index (κ1) is 114. The Hall–Kier alpha value is -17.1. The number of thiazole rings is 1. The van der Waals surface area contributed by atoms with Gasteiger partial charge in [-0.2, -0.15) is 42.0 Å². The second kappa shape index (κ2) is 87.6. The topological polar surface area (TPSA) is 418 Å². The van der Waals surface area contributed by atoms with E-state index in [0.717, 1.165) is 22.1 Å². The number of hydrogen-bond donors (Lipinski definition) is 6. The van der Waals surface area contributed by atoms with Gasteiger partial charge in [0.1, 0.15) is 25.2 Å². The number of thiophene rings is 4. The molecule has 0 bridgehead atoms. The molecule has 22 heterocycles. The van der Waals surface area contributed by atoms with Crippen molar-refractivity contribution in [3.8, 4) is 0 Å². The van der Waals surface area contributed by atoms with Gasteiger partial charge in [-0.15, -0.1) is 45.3 Å². The van der Waals surface area contributed by atoms with Crippen molar-refractivity contribution in [3.05, 3.63) is 510 Å². The molecule has 0 spiro atoms. The number of rotatable bonds is 0. The lowest BCUT2D eigenvalue weighted by molar-refractivity contribution is 0.420. The number of pyridine rings is 1. The van der Waals surface area contributed by atoms with Gasteiger partial charge in [0.05, 0.1) is 77.5 Å². The summed E-state index contributed by atoms with van der Waals surface area (Å²) >= 11 is 10.2. The second-order valence-electron chi connectivity index (χ2n) is 22.5. The molecule has 0 unspecified atom stereocenters. The molecule has 31 nitrogen and oxygen atoms in total. The van der Waals surface area contributed by atoms with Crippen LogP contribution in [0.5, 0.6) is 0 Å². The molecule has 0 radical (unpaired) electrons. The Labute approximate surface area is 808 Å². The Morgan fingerprint density at radius 2 is 0.837 bits per heavy atom. The van der Waals surface area contributed by atoms with E-state index in [0.29, 0.717) is 0 Å². The van der Waals surface area contributed by atoms with Crippen molar-refractivity contribution >= 4 is 121 Å². The largest absolute Gasteiger partial charge is 0.473 e. The average Bonchev–Trinajstić information content (AvgIpc) is 1.76. The number of imidazole rings is 2. The van der Waals surface area contributed by atoms with Crippen LogP contribution in [0.4, 0.5) is 0 Å². The first-order valence-electron chi connectivity index (χ1n) is 38.6. The van der Waals surface area contributed by atoms with Crippen molar-refractivity contribution in [1.29, 1.82) is 0 Å². The summed E-state index contributed by atoms with van der Waals surface area (Å²) in [6, 6.07) is 70.9. The van der Waals surface area contributed by atoms with Gasteiger partial charge < -0.3 is 33.3 Å². The van der Waals surface area contributed by atoms with Crippen LogP contribution < -0.4 is 0 Å². The standard InChI is InChI=1S/C8H6N2.C8H7N.C8H6S.C7H6N2.C6H4S2.C5H5N.5C4H4N2.C4H5N.C4H4O.C4H4S.2C3H4N2.2C3H3NO.2C3H3NS.C2H3N3.4CH4/c1-2-4-8-7(3-1)9-5-6-10-8;2*1-2-4-8-7(3-1)5-6-9-8;1-2-4-7-6(3-1)8-5-9-7;1-3-7-6-2-4-8-5(1)6;1-2-4-6-5-3-1;2*1-2-6-4-3-5-1;2*1-2-5-4-6-3-1;1-2-4-6-5-3-1;3*1-2-4-5-3-1;1-2-5-3-4-1;1-2-4-5-3-1;1-2-5-3-4-1;1-2-4-5-3-1;1-2-5-3-4-1;2*1-2-4-5-3-1;;;;/h1-6H;1-6,9H;1-6H;1-5H,(H,8,9);1-4H;1-5H;5*1-4H;1-5H;2*1-4H;2*1-3H,(H,4,5);4*1-3H;1-2H,(H,3,4,5);4*1H4. The van der Waals surface area contributed by atoms with E-state index in [9.17, 15) is 0 Å². The predicted molar refractivity (Wildman–Crippen MR) is 551 cm³/mol. The number of oxazole rings is 1. The average molecular weight is 1920 g/mol. The predicted octanol–water partition coefficient (Wildman–Crippen LogP) is 25.5. The summed E-state index contributed by atoms with van der Waals surface area (Å²) in [4.78, 5) is 68.4. The highest BCUT2D eigenvalue weighted by atomic mass is 32.1. The molecule has 135 heavy (non-hydrogen) atoms. The smallest absolute Gasteiger partial charge is 0.180 e. The molecule has 0 amide bonds. The molecule has 0 atom stereocenters. The van der Waals surface area contributed by atoms with E-state index in [1.54, 1.807) is 279 Å². The van der Waals surface area contributed by atoms with E-state index in [4.69, 9.17) is 0 Å². The quantitative estimate of drug-likeness (QED) is 0.0821. The lowest BCUT2D eigenvalue weighted by Crippen LogP contribution is -1.78. The van der Waals surface area contributed by atoms with E-state index in [-0.39, 0.29) is 29.7 Å². The zero-order chi connectivity index (χ0) is 91.3. The van der Waals surface area contributed by atoms with E-state index in [1.807, 2.05) is 180 Å². The van der Waals surface area contributed by atoms with Crippen molar-refractivity contribution < 1.29 is 13.4 Å². The van der Waals surface area contributed by atoms with Gasteiger partial charge in [-0.25, -0.2) is 39.3 Å². The van der Waals surface area contributed by atoms with Crippen LogP contribution in [-0.2, 0) is 0 Å². The number of H-pyrrole nitrogens is 6. The molecule has 0 aliphatic rings. The molecule has 0 aliphatic carbocycles. The number of fused-ring (bicyclic) bond motifs is 5. The molecule has 26 rings (SSSR count). The lowest BCUT2D eigenvalue weighted by Gasteiger charge is -1.90. The number of hydrogen-bond acceptors (Lipinski definition) is 31. The zero-order valence-electron chi connectivity index (χ0n) is 70.0. The fourth-order valence-electron chi connectivity index (χ4n) is 8.00. The molecule has 0 aliphatic heterocycles. The van der Waals surface area contributed by atoms with Gasteiger partial charge in [0, 0.05) is 198 Å². The third-order valence-corrected chi connectivity index (χ3v) is 17.9. The van der Waals surface area contributed by atoms with Gasteiger partial charge in [-0.05, 0) is 189 Å². The summed E-state index contributed by atoms with van der Waals surface area (Å²) in [5.74, 6) is 0. The Balaban J connectivity index is 0.000000481. The van der Waals surface area contributed by atoms with Crippen molar-refractivity contribution in [2.75, 3.05) is 0 Å². The number of aromatic amines is 6. The summed E-state index contributed by atoms with van der Waals surface area (Å²) < 4.78 is 21.3. The molecular formula is C98H106N28O3S6. The fraction of sp³-hybridized carbons (Fsp3) is 0.0408. The van der Waals surface area contributed by atoms with Gasteiger partial charge in [0.15, 0.2) is 6.39 Å². The first-order valence-corrected chi connectivity index (χ1v) is 44.0. The van der Waals surface area contributed by atoms with Crippen LogP contribution in [0.15, 0.2) is 524 Å². The van der Waals surface area contributed by atoms with E-state index in [2.05, 4.69) is 230 Å². The van der Waals surface area contributed by atoms with Crippen molar-refractivity contribution in [1.82, 2.24) is 140 Å². The van der Waals surface area contributed by atoms with Gasteiger partial charge in [-0.3, -0.25) is 45.0 Å². The third-order valence-electron chi connectivity index (χ3n) is 13.4. The normalized spacial score (nSPS) is 8.50. The summed E-state index contributed by atoms with van der Waals surface area (Å²) in [5.41, 5.74) is 7.02. The Morgan fingerprint density at radius 1 is 0.267 bits per heavy atom. The molecule has 0 saturated heterocycles. The zero-order valence-corrected chi connectivity index (χ0v) is 74.9. The Kier molecular flexibility index (Phi) is 73.9.